The van der Waals surface area contributed by atoms with Crippen molar-refractivity contribution in [1.82, 2.24) is 9.97 Å². The summed E-state index contributed by atoms with van der Waals surface area (Å²) in [6.45, 7) is 0.357. The summed E-state index contributed by atoms with van der Waals surface area (Å²) < 4.78 is 9.91. The normalized spacial score (nSPS) is 8.93. The fourth-order valence-corrected chi connectivity index (χ4v) is 0.822. The SMILES string of the molecule is C#CCNc1nc(OC)cc(OC)n1. The van der Waals surface area contributed by atoms with E-state index in [0.717, 1.165) is 0 Å². The second-order valence-electron chi connectivity index (χ2n) is 2.33. The Morgan fingerprint density at radius 3 is 2.36 bits per heavy atom. The molecule has 0 spiro atoms. The molecule has 5 heteroatoms. The van der Waals surface area contributed by atoms with Crippen LogP contribution >= 0.6 is 0 Å². The van der Waals surface area contributed by atoms with Crippen molar-refractivity contribution in [2.75, 3.05) is 26.1 Å². The van der Waals surface area contributed by atoms with E-state index in [1.807, 2.05) is 0 Å². The topological polar surface area (TPSA) is 56.3 Å². The van der Waals surface area contributed by atoms with E-state index in [1.54, 1.807) is 6.07 Å². The van der Waals surface area contributed by atoms with Crippen LogP contribution in [0.1, 0.15) is 0 Å². The Morgan fingerprint density at radius 1 is 1.36 bits per heavy atom. The van der Waals surface area contributed by atoms with Crippen LogP contribution in [0.5, 0.6) is 11.8 Å². The van der Waals surface area contributed by atoms with Gasteiger partial charge in [0.2, 0.25) is 17.7 Å². The smallest absolute Gasteiger partial charge is 0.230 e. The molecule has 0 radical (unpaired) electrons. The standard InChI is InChI=1S/C9H11N3O2/c1-4-5-10-9-11-7(13-2)6-8(12-9)14-3/h1,6H,5H2,2-3H3,(H,10,11,12). The van der Waals surface area contributed by atoms with E-state index in [1.165, 1.54) is 14.2 Å². The van der Waals surface area contributed by atoms with Gasteiger partial charge in [-0.15, -0.1) is 6.42 Å². The molecule has 1 aromatic heterocycles. The summed E-state index contributed by atoms with van der Waals surface area (Å²) in [4.78, 5) is 8.03. The molecule has 14 heavy (non-hydrogen) atoms. The maximum absolute atomic E-state index is 5.09. The monoisotopic (exact) mass is 193 g/mol. The van der Waals surface area contributed by atoms with Crippen LogP contribution in [0.2, 0.25) is 0 Å². The lowest BCUT2D eigenvalue weighted by Crippen LogP contribution is -2.05. The van der Waals surface area contributed by atoms with Crippen LogP contribution in [-0.2, 0) is 0 Å². The number of ether oxygens (including phenoxy) is 2. The highest BCUT2D eigenvalue weighted by atomic mass is 16.5. The summed E-state index contributed by atoms with van der Waals surface area (Å²) in [7, 11) is 3.04. The van der Waals surface area contributed by atoms with Crippen LogP contribution < -0.4 is 14.8 Å². The van der Waals surface area contributed by atoms with Gasteiger partial charge in [-0.1, -0.05) is 5.92 Å². The van der Waals surface area contributed by atoms with Crippen LogP contribution in [0, 0.1) is 12.3 Å². The van der Waals surface area contributed by atoms with Crippen LogP contribution in [0.4, 0.5) is 5.95 Å². The molecule has 0 bridgehead atoms. The minimum atomic E-state index is 0.357. The van der Waals surface area contributed by atoms with Gasteiger partial charge >= 0.3 is 0 Å². The van der Waals surface area contributed by atoms with Crippen molar-refractivity contribution in [2.45, 2.75) is 0 Å². The predicted molar refractivity (Wildman–Crippen MR) is 52.5 cm³/mol. The molecule has 1 rings (SSSR count). The molecular weight excluding hydrogens is 182 g/mol. The third-order valence-electron chi connectivity index (χ3n) is 1.45. The van der Waals surface area contributed by atoms with Gasteiger partial charge in [-0.3, -0.25) is 0 Å². The fraction of sp³-hybridized carbons (Fsp3) is 0.333. The molecule has 0 fully saturated rings. The minimum Gasteiger partial charge on any atom is -0.481 e. The zero-order valence-electron chi connectivity index (χ0n) is 8.07. The van der Waals surface area contributed by atoms with Gasteiger partial charge in [-0.25, -0.2) is 0 Å². The van der Waals surface area contributed by atoms with Gasteiger partial charge in [0.15, 0.2) is 0 Å². The highest BCUT2D eigenvalue weighted by molar-refractivity contribution is 5.34. The molecule has 0 atom stereocenters. The molecule has 1 N–H and O–H groups in total. The van der Waals surface area contributed by atoms with E-state index in [-0.39, 0.29) is 0 Å². The fourth-order valence-electron chi connectivity index (χ4n) is 0.822. The number of hydrogen-bond donors (Lipinski definition) is 1. The van der Waals surface area contributed by atoms with Crippen LogP contribution in [0.25, 0.3) is 0 Å². The minimum absolute atomic E-state index is 0.357. The van der Waals surface area contributed by atoms with E-state index >= 15 is 0 Å². The number of anilines is 1. The predicted octanol–water partition coefficient (Wildman–Crippen LogP) is 0.539. The van der Waals surface area contributed by atoms with Crippen molar-refractivity contribution in [3.8, 4) is 24.1 Å². The quantitative estimate of drug-likeness (QED) is 0.707. The number of nitrogens with one attached hydrogen (secondary N) is 1. The molecule has 0 aliphatic rings. The van der Waals surface area contributed by atoms with E-state index in [2.05, 4.69) is 21.2 Å². The highest BCUT2D eigenvalue weighted by Crippen LogP contribution is 2.16. The zero-order valence-corrected chi connectivity index (χ0v) is 8.07. The van der Waals surface area contributed by atoms with Crippen LogP contribution in [-0.4, -0.2) is 30.7 Å². The first-order valence-electron chi connectivity index (χ1n) is 3.94. The van der Waals surface area contributed by atoms with Crippen molar-refractivity contribution >= 4 is 5.95 Å². The van der Waals surface area contributed by atoms with E-state index < -0.39 is 0 Å². The number of hydrogen-bond acceptors (Lipinski definition) is 5. The van der Waals surface area contributed by atoms with Crippen molar-refractivity contribution in [3.05, 3.63) is 6.07 Å². The largest absolute Gasteiger partial charge is 0.481 e. The lowest BCUT2D eigenvalue weighted by Gasteiger charge is -2.05. The second kappa shape index (κ2) is 4.92. The average molecular weight is 193 g/mol. The molecule has 0 aromatic carbocycles. The summed E-state index contributed by atoms with van der Waals surface area (Å²) in [6, 6.07) is 1.58. The number of methoxy groups -OCH3 is 2. The number of rotatable bonds is 4. The summed E-state index contributed by atoms with van der Waals surface area (Å²) >= 11 is 0. The molecular formula is C9H11N3O2. The maximum Gasteiger partial charge on any atom is 0.230 e. The van der Waals surface area contributed by atoms with Gasteiger partial charge in [0.25, 0.3) is 0 Å². The van der Waals surface area contributed by atoms with Crippen molar-refractivity contribution in [2.24, 2.45) is 0 Å². The van der Waals surface area contributed by atoms with Gasteiger partial charge in [-0.05, 0) is 0 Å². The van der Waals surface area contributed by atoms with Gasteiger partial charge in [0.1, 0.15) is 0 Å². The third-order valence-corrected chi connectivity index (χ3v) is 1.45. The highest BCUT2D eigenvalue weighted by Gasteiger charge is 2.03. The third kappa shape index (κ3) is 2.52. The van der Waals surface area contributed by atoms with E-state index in [0.29, 0.717) is 24.3 Å². The van der Waals surface area contributed by atoms with Gasteiger partial charge < -0.3 is 14.8 Å². The number of terminal acetylenes is 1. The first-order valence-corrected chi connectivity index (χ1v) is 3.94. The van der Waals surface area contributed by atoms with Crippen molar-refractivity contribution in [3.63, 3.8) is 0 Å². The van der Waals surface area contributed by atoms with Crippen molar-refractivity contribution in [1.29, 1.82) is 0 Å². The van der Waals surface area contributed by atoms with Crippen molar-refractivity contribution < 1.29 is 9.47 Å². The Balaban J connectivity index is 2.87. The summed E-state index contributed by atoms with van der Waals surface area (Å²) in [5.41, 5.74) is 0. The van der Waals surface area contributed by atoms with E-state index in [9.17, 15) is 0 Å². The average Bonchev–Trinajstić information content (AvgIpc) is 2.25. The van der Waals surface area contributed by atoms with Gasteiger partial charge in [0, 0.05) is 0 Å². The van der Waals surface area contributed by atoms with Crippen LogP contribution in [0.3, 0.4) is 0 Å². The Bertz CT molecular complexity index is 324. The summed E-state index contributed by atoms with van der Waals surface area (Å²) in [5.74, 6) is 3.66. The molecule has 0 amide bonds. The Morgan fingerprint density at radius 2 is 1.93 bits per heavy atom. The summed E-state index contributed by atoms with van der Waals surface area (Å²) in [5, 5.41) is 2.83. The molecule has 0 aliphatic heterocycles. The van der Waals surface area contributed by atoms with Crippen LogP contribution in [0.15, 0.2) is 6.07 Å². The maximum atomic E-state index is 5.09. The Hall–Kier alpha value is -1.96. The molecule has 5 nitrogen and oxygen atoms in total. The summed E-state index contributed by atoms with van der Waals surface area (Å²) in [6.07, 6.45) is 5.09. The van der Waals surface area contributed by atoms with Gasteiger partial charge in [-0.2, -0.15) is 9.97 Å². The Labute approximate surface area is 82.5 Å². The molecule has 74 valence electrons. The first-order chi connectivity index (χ1) is 6.80. The first kappa shape index (κ1) is 10.1. The van der Waals surface area contributed by atoms with E-state index in [4.69, 9.17) is 15.9 Å². The molecule has 0 saturated carbocycles. The number of aromatic nitrogens is 2. The second-order valence-corrected chi connectivity index (χ2v) is 2.33. The molecule has 0 saturated heterocycles. The molecule has 1 aromatic rings. The zero-order chi connectivity index (χ0) is 10.4. The molecule has 0 unspecified atom stereocenters. The Kier molecular flexibility index (Phi) is 3.56. The van der Waals surface area contributed by atoms with Gasteiger partial charge in [0.05, 0.1) is 26.8 Å². The molecule has 1 heterocycles. The number of nitrogens with zero attached hydrogens (tertiary/aromatic N) is 2. The molecule has 0 aliphatic carbocycles. The lowest BCUT2D eigenvalue weighted by atomic mass is 10.6. The lowest BCUT2D eigenvalue weighted by molar-refractivity contribution is 0.373.